The number of hydrogen-bond donors (Lipinski definition) is 2. The van der Waals surface area contributed by atoms with Crippen molar-refractivity contribution in [2.45, 2.75) is 45.4 Å². The second kappa shape index (κ2) is 7.27. The molecule has 132 valence electrons. The minimum Gasteiger partial charge on any atom is -0.508 e. The largest absolute Gasteiger partial charge is 0.508 e. The quantitative estimate of drug-likeness (QED) is 0.850. The summed E-state index contributed by atoms with van der Waals surface area (Å²) in [6.07, 6.45) is 4.96. The molecule has 1 aliphatic rings. The molecule has 0 fully saturated rings. The Balaban J connectivity index is 2.16. The predicted octanol–water partition coefficient (Wildman–Crippen LogP) is 3.90. The van der Waals surface area contributed by atoms with Gasteiger partial charge in [-0.2, -0.15) is 0 Å². The lowest BCUT2D eigenvalue weighted by molar-refractivity contribution is -0.117. The molecule has 0 radical (unpaired) electrons. The van der Waals surface area contributed by atoms with Gasteiger partial charge in [-0.3, -0.25) is 14.5 Å². The SMILES string of the molecule is CCCC(=O)N(c1ccc(O)cc1)c1sc2c(c1C(N)=O)CCCC2. The van der Waals surface area contributed by atoms with Gasteiger partial charge in [-0.15, -0.1) is 11.3 Å². The lowest BCUT2D eigenvalue weighted by Crippen LogP contribution is -2.27. The minimum absolute atomic E-state index is 0.0747. The first-order valence-electron chi connectivity index (χ1n) is 8.59. The molecule has 0 bridgehead atoms. The Bertz CT molecular complexity index is 796. The van der Waals surface area contributed by atoms with E-state index in [4.69, 9.17) is 5.73 Å². The van der Waals surface area contributed by atoms with E-state index in [2.05, 4.69) is 0 Å². The van der Waals surface area contributed by atoms with Gasteiger partial charge in [0.25, 0.3) is 5.91 Å². The second-order valence-electron chi connectivity index (χ2n) is 6.25. The smallest absolute Gasteiger partial charge is 0.252 e. The first-order chi connectivity index (χ1) is 12.0. The summed E-state index contributed by atoms with van der Waals surface area (Å²) in [4.78, 5) is 27.8. The number of nitrogens with two attached hydrogens (primary N) is 1. The summed E-state index contributed by atoms with van der Waals surface area (Å²) < 4.78 is 0. The van der Waals surface area contributed by atoms with Gasteiger partial charge in [-0.05, 0) is 61.9 Å². The zero-order valence-electron chi connectivity index (χ0n) is 14.2. The summed E-state index contributed by atoms with van der Waals surface area (Å²) in [5, 5.41) is 10.2. The lowest BCUT2D eigenvalue weighted by atomic mass is 9.95. The van der Waals surface area contributed by atoms with E-state index in [1.54, 1.807) is 29.2 Å². The maximum Gasteiger partial charge on any atom is 0.252 e. The number of phenols is 1. The molecule has 0 atom stereocenters. The third kappa shape index (κ3) is 3.39. The third-order valence-corrected chi connectivity index (χ3v) is 5.70. The molecule has 6 heteroatoms. The van der Waals surface area contributed by atoms with Crippen LogP contribution in [0.3, 0.4) is 0 Å². The number of nitrogens with zero attached hydrogens (tertiary/aromatic N) is 1. The Labute approximate surface area is 151 Å². The van der Waals surface area contributed by atoms with Gasteiger partial charge in [0.05, 0.1) is 5.56 Å². The number of benzene rings is 1. The van der Waals surface area contributed by atoms with Crippen LogP contribution in [0.15, 0.2) is 24.3 Å². The van der Waals surface area contributed by atoms with E-state index in [1.807, 2.05) is 6.92 Å². The number of thiophene rings is 1. The number of carbonyl (C=O) groups excluding carboxylic acids is 2. The molecule has 1 heterocycles. The maximum atomic E-state index is 12.8. The highest BCUT2D eigenvalue weighted by Crippen LogP contribution is 2.43. The molecule has 2 aromatic rings. The Morgan fingerprint density at radius 1 is 1.20 bits per heavy atom. The molecule has 3 rings (SSSR count). The summed E-state index contributed by atoms with van der Waals surface area (Å²) >= 11 is 1.49. The molecule has 5 nitrogen and oxygen atoms in total. The van der Waals surface area contributed by atoms with E-state index in [9.17, 15) is 14.7 Å². The average Bonchev–Trinajstić information content (AvgIpc) is 2.96. The summed E-state index contributed by atoms with van der Waals surface area (Å²) in [7, 11) is 0. The van der Waals surface area contributed by atoms with Gasteiger partial charge in [0.2, 0.25) is 5.91 Å². The van der Waals surface area contributed by atoms with Crippen LogP contribution in [-0.2, 0) is 17.6 Å². The fraction of sp³-hybridized carbons (Fsp3) is 0.368. The molecule has 0 saturated carbocycles. The Kier molecular flexibility index (Phi) is 5.08. The molecule has 0 spiro atoms. The Morgan fingerprint density at radius 2 is 1.88 bits per heavy atom. The number of primary amides is 1. The maximum absolute atomic E-state index is 12.8. The number of carbonyl (C=O) groups is 2. The summed E-state index contributed by atoms with van der Waals surface area (Å²) in [6.45, 7) is 1.95. The van der Waals surface area contributed by atoms with Crippen molar-refractivity contribution in [3.05, 3.63) is 40.3 Å². The number of fused-ring (bicyclic) bond motifs is 1. The zero-order chi connectivity index (χ0) is 18.0. The van der Waals surface area contributed by atoms with Crippen molar-refractivity contribution in [2.75, 3.05) is 4.90 Å². The van der Waals surface area contributed by atoms with E-state index >= 15 is 0 Å². The molecule has 1 aromatic heterocycles. The van der Waals surface area contributed by atoms with Crippen molar-refractivity contribution in [3.8, 4) is 5.75 Å². The molecule has 1 aliphatic carbocycles. The number of hydrogen-bond acceptors (Lipinski definition) is 4. The van der Waals surface area contributed by atoms with Crippen LogP contribution in [0.5, 0.6) is 5.75 Å². The van der Waals surface area contributed by atoms with Crippen LogP contribution >= 0.6 is 11.3 Å². The van der Waals surface area contributed by atoms with Crippen LogP contribution in [0.1, 0.15) is 53.4 Å². The van der Waals surface area contributed by atoms with Crippen LogP contribution in [0.25, 0.3) is 0 Å². The predicted molar refractivity (Wildman–Crippen MR) is 99.6 cm³/mol. The molecule has 2 amide bonds. The summed E-state index contributed by atoms with van der Waals surface area (Å²) in [5.74, 6) is -0.427. The van der Waals surface area contributed by atoms with E-state index in [0.717, 1.165) is 36.1 Å². The van der Waals surface area contributed by atoms with Gasteiger partial charge in [-0.1, -0.05) is 6.92 Å². The molecule has 3 N–H and O–H groups in total. The Morgan fingerprint density at radius 3 is 2.52 bits per heavy atom. The molecule has 0 aliphatic heterocycles. The van der Waals surface area contributed by atoms with Crippen LogP contribution < -0.4 is 10.6 Å². The van der Waals surface area contributed by atoms with Gasteiger partial charge >= 0.3 is 0 Å². The monoisotopic (exact) mass is 358 g/mol. The van der Waals surface area contributed by atoms with Gasteiger partial charge in [0, 0.05) is 17.0 Å². The number of aryl methyl sites for hydroxylation is 1. The minimum atomic E-state index is -0.484. The van der Waals surface area contributed by atoms with Crippen molar-refractivity contribution in [3.63, 3.8) is 0 Å². The first-order valence-corrected chi connectivity index (χ1v) is 9.41. The van der Waals surface area contributed by atoms with Crippen LogP contribution in [0.2, 0.25) is 0 Å². The topological polar surface area (TPSA) is 83.6 Å². The van der Waals surface area contributed by atoms with Gasteiger partial charge in [0.15, 0.2) is 0 Å². The van der Waals surface area contributed by atoms with Crippen molar-refractivity contribution < 1.29 is 14.7 Å². The molecule has 0 saturated heterocycles. The van der Waals surface area contributed by atoms with E-state index in [1.165, 1.54) is 11.3 Å². The number of rotatable bonds is 5. The van der Waals surface area contributed by atoms with Crippen molar-refractivity contribution >= 4 is 33.8 Å². The number of aromatic hydroxyl groups is 1. The van der Waals surface area contributed by atoms with Crippen LogP contribution in [0, 0.1) is 0 Å². The van der Waals surface area contributed by atoms with Crippen LogP contribution in [-0.4, -0.2) is 16.9 Å². The second-order valence-corrected chi connectivity index (χ2v) is 7.33. The first kappa shape index (κ1) is 17.5. The van der Waals surface area contributed by atoms with E-state index < -0.39 is 5.91 Å². The fourth-order valence-electron chi connectivity index (χ4n) is 3.26. The number of amides is 2. The van der Waals surface area contributed by atoms with Gasteiger partial charge in [-0.25, -0.2) is 0 Å². The molecule has 0 unspecified atom stereocenters. The normalized spacial score (nSPS) is 13.3. The van der Waals surface area contributed by atoms with E-state index in [-0.39, 0.29) is 11.7 Å². The van der Waals surface area contributed by atoms with Crippen molar-refractivity contribution in [2.24, 2.45) is 5.73 Å². The van der Waals surface area contributed by atoms with Crippen LogP contribution in [0.4, 0.5) is 10.7 Å². The van der Waals surface area contributed by atoms with Gasteiger partial charge in [0.1, 0.15) is 10.8 Å². The highest BCUT2D eigenvalue weighted by atomic mass is 32.1. The summed E-state index contributed by atoms with van der Waals surface area (Å²) in [6, 6.07) is 6.46. The summed E-state index contributed by atoms with van der Waals surface area (Å²) in [5.41, 5.74) is 7.81. The van der Waals surface area contributed by atoms with Crippen molar-refractivity contribution in [1.82, 2.24) is 0 Å². The number of anilines is 2. The molecular formula is C19H22N2O3S. The lowest BCUT2D eigenvalue weighted by Gasteiger charge is -2.22. The highest BCUT2D eigenvalue weighted by molar-refractivity contribution is 7.17. The standard InChI is InChI=1S/C19H22N2O3S/c1-2-5-16(23)21(12-8-10-13(22)11-9-12)19-17(18(20)24)14-6-3-4-7-15(14)25-19/h8-11,22H,2-7H2,1H3,(H2,20,24). The molecular weight excluding hydrogens is 336 g/mol. The van der Waals surface area contributed by atoms with Gasteiger partial charge < -0.3 is 10.8 Å². The molecule has 25 heavy (non-hydrogen) atoms. The highest BCUT2D eigenvalue weighted by Gasteiger charge is 2.30. The molecule has 1 aromatic carbocycles. The average molecular weight is 358 g/mol. The van der Waals surface area contributed by atoms with E-state index in [0.29, 0.717) is 29.1 Å². The Hall–Kier alpha value is -2.34. The fourth-order valence-corrected chi connectivity index (χ4v) is 4.70. The third-order valence-electron chi connectivity index (χ3n) is 4.42. The van der Waals surface area contributed by atoms with Crippen molar-refractivity contribution in [1.29, 1.82) is 0 Å². The number of phenolic OH excluding ortho intramolecular Hbond substituents is 1. The zero-order valence-corrected chi connectivity index (χ0v) is 15.1.